The molecule has 1 heterocycles. The molecule has 0 aliphatic heterocycles. The SMILES string of the molecule is COc1c(NC(=O)/C=C/CN(C)C(C)C)ccc2ncnc(Nc3cccc(Cl)c3F)c12. The summed E-state index contributed by atoms with van der Waals surface area (Å²) in [5, 5.41) is 6.25. The van der Waals surface area contributed by atoms with Crippen LogP contribution in [0.5, 0.6) is 5.75 Å². The zero-order valence-electron chi connectivity index (χ0n) is 18.3. The number of carbonyl (C=O) groups excluding carboxylic acids is 1. The highest BCUT2D eigenvalue weighted by atomic mass is 35.5. The number of hydrogen-bond donors (Lipinski definition) is 2. The minimum Gasteiger partial charge on any atom is -0.494 e. The first-order valence-electron chi connectivity index (χ1n) is 10.0. The molecular weight excluding hydrogens is 433 g/mol. The number of aromatic nitrogens is 2. The Morgan fingerprint density at radius 2 is 2.03 bits per heavy atom. The molecule has 0 bridgehead atoms. The van der Waals surface area contributed by atoms with Crippen molar-refractivity contribution in [2.75, 3.05) is 31.3 Å². The fraction of sp³-hybridized carbons (Fsp3) is 0.261. The molecule has 0 aliphatic carbocycles. The summed E-state index contributed by atoms with van der Waals surface area (Å²) in [7, 11) is 3.46. The predicted molar refractivity (Wildman–Crippen MR) is 126 cm³/mol. The summed E-state index contributed by atoms with van der Waals surface area (Å²) in [5.41, 5.74) is 1.16. The number of rotatable bonds is 8. The fourth-order valence-electron chi connectivity index (χ4n) is 2.97. The zero-order chi connectivity index (χ0) is 23.3. The van der Waals surface area contributed by atoms with E-state index in [0.717, 1.165) is 0 Å². The Bertz CT molecular complexity index is 1150. The number of benzene rings is 2. The smallest absolute Gasteiger partial charge is 0.248 e. The largest absolute Gasteiger partial charge is 0.494 e. The standard InChI is InChI=1S/C23H25ClFN5O2/c1-14(2)30(3)12-6-9-19(31)28-18-11-10-16-20(22(18)32-4)23(27-13-26-16)29-17-8-5-7-15(24)21(17)25/h5-11,13-14H,12H2,1-4H3,(H,28,31)(H,26,27,29)/b9-6+. The molecule has 0 spiro atoms. The summed E-state index contributed by atoms with van der Waals surface area (Å²) in [6.45, 7) is 4.81. The molecule has 0 aliphatic rings. The van der Waals surface area contributed by atoms with Crippen molar-refractivity contribution >= 4 is 45.6 Å². The number of amides is 1. The van der Waals surface area contributed by atoms with Crippen LogP contribution >= 0.6 is 11.6 Å². The van der Waals surface area contributed by atoms with E-state index in [1.54, 1.807) is 30.3 Å². The Balaban J connectivity index is 1.92. The van der Waals surface area contributed by atoms with Crippen molar-refractivity contribution in [2.45, 2.75) is 19.9 Å². The van der Waals surface area contributed by atoms with Crippen molar-refractivity contribution in [1.82, 2.24) is 14.9 Å². The molecular formula is C23H25ClFN5O2. The second-order valence-corrected chi connectivity index (χ2v) is 7.82. The van der Waals surface area contributed by atoms with Crippen LogP contribution in [0.2, 0.25) is 5.02 Å². The molecule has 1 amide bonds. The Morgan fingerprint density at radius 1 is 1.25 bits per heavy atom. The number of likely N-dealkylation sites (N-methyl/N-ethyl adjacent to an activating group) is 1. The maximum absolute atomic E-state index is 14.4. The first-order chi connectivity index (χ1) is 15.3. The molecule has 2 aromatic carbocycles. The third-order valence-corrected chi connectivity index (χ3v) is 5.26. The molecule has 9 heteroatoms. The molecule has 3 aromatic rings. The van der Waals surface area contributed by atoms with Crippen molar-refractivity contribution in [3.8, 4) is 5.75 Å². The van der Waals surface area contributed by atoms with E-state index in [-0.39, 0.29) is 16.6 Å². The lowest BCUT2D eigenvalue weighted by Gasteiger charge is -2.18. The molecule has 0 fully saturated rings. The zero-order valence-corrected chi connectivity index (χ0v) is 19.1. The number of carbonyl (C=O) groups is 1. The summed E-state index contributed by atoms with van der Waals surface area (Å²) >= 11 is 5.89. The van der Waals surface area contributed by atoms with Gasteiger partial charge in [0, 0.05) is 18.7 Å². The maximum Gasteiger partial charge on any atom is 0.248 e. The topological polar surface area (TPSA) is 79.4 Å². The molecule has 0 atom stereocenters. The average Bonchev–Trinajstić information content (AvgIpc) is 2.76. The summed E-state index contributed by atoms with van der Waals surface area (Å²) < 4.78 is 20.0. The second-order valence-electron chi connectivity index (χ2n) is 7.41. The number of methoxy groups -OCH3 is 1. The molecule has 0 saturated heterocycles. The van der Waals surface area contributed by atoms with E-state index in [1.165, 1.54) is 25.6 Å². The van der Waals surface area contributed by atoms with Gasteiger partial charge in [-0.25, -0.2) is 14.4 Å². The van der Waals surface area contributed by atoms with Gasteiger partial charge in [0.05, 0.1) is 34.4 Å². The van der Waals surface area contributed by atoms with Crippen LogP contribution in [-0.4, -0.2) is 47.5 Å². The highest BCUT2D eigenvalue weighted by Crippen LogP contribution is 2.38. The van der Waals surface area contributed by atoms with Crippen LogP contribution in [-0.2, 0) is 4.79 Å². The van der Waals surface area contributed by atoms with Crippen LogP contribution in [0.3, 0.4) is 0 Å². The van der Waals surface area contributed by atoms with E-state index in [1.807, 2.05) is 7.05 Å². The van der Waals surface area contributed by atoms with Gasteiger partial charge in [-0.15, -0.1) is 0 Å². The molecule has 32 heavy (non-hydrogen) atoms. The lowest BCUT2D eigenvalue weighted by Crippen LogP contribution is -2.26. The van der Waals surface area contributed by atoms with Gasteiger partial charge < -0.3 is 20.3 Å². The minimum absolute atomic E-state index is 0.0109. The number of anilines is 3. The highest BCUT2D eigenvalue weighted by Gasteiger charge is 2.17. The summed E-state index contributed by atoms with van der Waals surface area (Å²) in [6, 6.07) is 8.43. The monoisotopic (exact) mass is 457 g/mol. The van der Waals surface area contributed by atoms with Gasteiger partial charge in [0.2, 0.25) is 5.91 Å². The first-order valence-corrected chi connectivity index (χ1v) is 10.4. The number of hydrogen-bond acceptors (Lipinski definition) is 6. The van der Waals surface area contributed by atoms with E-state index >= 15 is 0 Å². The number of ether oxygens (including phenoxy) is 1. The van der Waals surface area contributed by atoms with Crippen LogP contribution in [0.1, 0.15) is 13.8 Å². The summed E-state index contributed by atoms with van der Waals surface area (Å²) in [4.78, 5) is 23.0. The van der Waals surface area contributed by atoms with Gasteiger partial charge in [-0.05, 0) is 45.2 Å². The van der Waals surface area contributed by atoms with E-state index in [0.29, 0.717) is 40.7 Å². The number of fused-ring (bicyclic) bond motifs is 1. The Morgan fingerprint density at radius 3 is 2.75 bits per heavy atom. The third kappa shape index (κ3) is 5.33. The van der Waals surface area contributed by atoms with Crippen LogP contribution in [0, 0.1) is 5.82 Å². The van der Waals surface area contributed by atoms with Crippen LogP contribution in [0.4, 0.5) is 21.6 Å². The van der Waals surface area contributed by atoms with Gasteiger partial charge in [-0.2, -0.15) is 0 Å². The molecule has 1 aromatic heterocycles. The average molecular weight is 458 g/mol. The van der Waals surface area contributed by atoms with Crippen molar-refractivity contribution < 1.29 is 13.9 Å². The molecule has 168 valence electrons. The first kappa shape index (κ1) is 23.4. The molecule has 0 unspecified atom stereocenters. The van der Waals surface area contributed by atoms with E-state index < -0.39 is 5.82 Å². The molecule has 2 N–H and O–H groups in total. The van der Waals surface area contributed by atoms with E-state index in [9.17, 15) is 9.18 Å². The van der Waals surface area contributed by atoms with Crippen molar-refractivity contribution in [2.24, 2.45) is 0 Å². The summed E-state index contributed by atoms with van der Waals surface area (Å²) in [6.07, 6.45) is 4.63. The van der Waals surface area contributed by atoms with Gasteiger partial charge >= 0.3 is 0 Å². The van der Waals surface area contributed by atoms with Gasteiger partial charge in [0.1, 0.15) is 12.1 Å². The number of nitrogens with one attached hydrogen (secondary N) is 2. The van der Waals surface area contributed by atoms with Crippen LogP contribution in [0.15, 0.2) is 48.8 Å². The van der Waals surface area contributed by atoms with E-state index in [4.69, 9.17) is 16.3 Å². The van der Waals surface area contributed by atoms with Gasteiger partial charge in [-0.1, -0.05) is 23.7 Å². The van der Waals surface area contributed by atoms with Gasteiger partial charge in [-0.3, -0.25) is 4.79 Å². The highest BCUT2D eigenvalue weighted by molar-refractivity contribution is 6.31. The molecule has 7 nitrogen and oxygen atoms in total. The Hall–Kier alpha value is -3.23. The van der Waals surface area contributed by atoms with Crippen molar-refractivity contribution in [1.29, 1.82) is 0 Å². The predicted octanol–water partition coefficient (Wildman–Crippen LogP) is 5.01. The third-order valence-electron chi connectivity index (χ3n) is 4.97. The maximum atomic E-state index is 14.4. The molecule has 0 radical (unpaired) electrons. The normalized spacial score (nSPS) is 11.5. The van der Waals surface area contributed by atoms with Crippen molar-refractivity contribution in [3.63, 3.8) is 0 Å². The summed E-state index contributed by atoms with van der Waals surface area (Å²) in [5.74, 6) is -0.222. The fourth-order valence-corrected chi connectivity index (χ4v) is 3.14. The lowest BCUT2D eigenvalue weighted by atomic mass is 10.1. The van der Waals surface area contributed by atoms with Crippen LogP contribution < -0.4 is 15.4 Å². The second kappa shape index (κ2) is 10.4. The van der Waals surface area contributed by atoms with E-state index in [2.05, 4.69) is 39.3 Å². The van der Waals surface area contributed by atoms with Crippen molar-refractivity contribution in [3.05, 3.63) is 59.7 Å². The number of nitrogens with zero attached hydrogens (tertiary/aromatic N) is 3. The number of halogens is 2. The molecule has 0 saturated carbocycles. The van der Waals surface area contributed by atoms with Crippen LogP contribution in [0.25, 0.3) is 10.9 Å². The Kier molecular flexibility index (Phi) is 7.61. The van der Waals surface area contributed by atoms with Gasteiger partial charge in [0.25, 0.3) is 0 Å². The lowest BCUT2D eigenvalue weighted by molar-refractivity contribution is -0.111. The molecule has 3 rings (SSSR count). The minimum atomic E-state index is -0.596. The Labute approximate surface area is 191 Å². The van der Waals surface area contributed by atoms with Gasteiger partial charge in [0.15, 0.2) is 11.6 Å². The quantitative estimate of drug-likeness (QED) is 0.463.